The number of hydrogen-bond acceptors (Lipinski definition) is 3. The van der Waals surface area contributed by atoms with Crippen LogP contribution < -0.4 is 0 Å². The lowest BCUT2D eigenvalue weighted by Crippen LogP contribution is -1.97. The standard InChI is InChI=1S/C44H27N3O/c1-3-13-29(14-4-1)42-35-27-34(43-41(33-18-8-12-22-39(33)48-43)40(35)32-17-7-9-19-36(32)45-42)28-23-25-30(26-24-28)44-46-37-20-10-11-21-38(37)47(44)31-15-5-2-6-16-31/h1-27H. The van der Waals surface area contributed by atoms with E-state index in [1.807, 2.05) is 24.3 Å². The summed E-state index contributed by atoms with van der Waals surface area (Å²) in [6.07, 6.45) is 0. The van der Waals surface area contributed by atoms with Gasteiger partial charge in [-0.1, -0.05) is 121 Å². The third-order valence-corrected chi connectivity index (χ3v) is 9.39. The van der Waals surface area contributed by atoms with E-state index in [1.54, 1.807) is 0 Å². The van der Waals surface area contributed by atoms with Crippen LogP contribution in [0.4, 0.5) is 0 Å². The first-order chi connectivity index (χ1) is 23.8. The van der Waals surface area contributed by atoms with E-state index in [2.05, 4.69) is 144 Å². The van der Waals surface area contributed by atoms with E-state index in [4.69, 9.17) is 14.4 Å². The maximum atomic E-state index is 6.74. The van der Waals surface area contributed by atoms with Crippen LogP contribution >= 0.6 is 0 Å². The van der Waals surface area contributed by atoms with Crippen molar-refractivity contribution in [2.45, 2.75) is 0 Å². The van der Waals surface area contributed by atoms with Gasteiger partial charge in [0.2, 0.25) is 0 Å². The van der Waals surface area contributed by atoms with Gasteiger partial charge in [0.15, 0.2) is 0 Å². The highest BCUT2D eigenvalue weighted by atomic mass is 16.3. The lowest BCUT2D eigenvalue weighted by molar-refractivity contribution is 0.670. The van der Waals surface area contributed by atoms with Gasteiger partial charge in [-0.25, -0.2) is 9.97 Å². The summed E-state index contributed by atoms with van der Waals surface area (Å²) in [6.45, 7) is 0. The van der Waals surface area contributed by atoms with Crippen molar-refractivity contribution in [3.63, 3.8) is 0 Å². The molecule has 224 valence electrons. The fourth-order valence-corrected chi connectivity index (χ4v) is 7.22. The fraction of sp³-hybridized carbons (Fsp3) is 0. The second-order valence-electron chi connectivity index (χ2n) is 12.2. The molecule has 7 aromatic carbocycles. The maximum Gasteiger partial charge on any atom is 0.145 e. The van der Waals surface area contributed by atoms with Crippen molar-refractivity contribution in [3.8, 4) is 39.5 Å². The number of aromatic nitrogens is 3. The van der Waals surface area contributed by atoms with Crippen LogP contribution in [0.3, 0.4) is 0 Å². The number of rotatable bonds is 4. The van der Waals surface area contributed by atoms with E-state index < -0.39 is 0 Å². The zero-order chi connectivity index (χ0) is 31.6. The summed E-state index contributed by atoms with van der Waals surface area (Å²) in [5.41, 5.74) is 11.0. The van der Waals surface area contributed by atoms with Crippen molar-refractivity contribution in [2.75, 3.05) is 0 Å². The predicted octanol–water partition coefficient (Wildman–Crippen LogP) is 11.6. The van der Waals surface area contributed by atoms with Crippen LogP contribution in [0.5, 0.6) is 0 Å². The first-order valence-electron chi connectivity index (χ1n) is 16.2. The van der Waals surface area contributed by atoms with Crippen LogP contribution in [0.15, 0.2) is 168 Å². The molecule has 4 heteroatoms. The normalized spacial score (nSPS) is 11.8. The Bertz CT molecular complexity index is 2810. The number of fused-ring (bicyclic) bond motifs is 8. The van der Waals surface area contributed by atoms with Gasteiger partial charge in [0, 0.05) is 49.3 Å². The lowest BCUT2D eigenvalue weighted by atomic mass is 9.91. The monoisotopic (exact) mass is 613 g/mol. The van der Waals surface area contributed by atoms with E-state index in [0.717, 1.165) is 94.1 Å². The Labute approximate surface area is 276 Å². The lowest BCUT2D eigenvalue weighted by Gasteiger charge is -2.14. The molecule has 0 radical (unpaired) electrons. The first-order valence-corrected chi connectivity index (χ1v) is 16.2. The minimum atomic E-state index is 0.872. The topological polar surface area (TPSA) is 43.9 Å². The average Bonchev–Trinajstić information content (AvgIpc) is 3.74. The zero-order valence-electron chi connectivity index (χ0n) is 25.8. The van der Waals surface area contributed by atoms with Crippen molar-refractivity contribution >= 4 is 54.6 Å². The smallest absolute Gasteiger partial charge is 0.145 e. The number of furan rings is 1. The highest BCUT2D eigenvalue weighted by molar-refractivity contribution is 6.30. The molecule has 4 nitrogen and oxygen atoms in total. The Morgan fingerprint density at radius 1 is 0.458 bits per heavy atom. The summed E-state index contributed by atoms with van der Waals surface area (Å²) in [5, 5.41) is 5.59. The van der Waals surface area contributed by atoms with E-state index >= 15 is 0 Å². The fourth-order valence-electron chi connectivity index (χ4n) is 7.22. The molecule has 3 aromatic heterocycles. The minimum Gasteiger partial charge on any atom is -0.455 e. The molecule has 0 spiro atoms. The third-order valence-electron chi connectivity index (χ3n) is 9.39. The van der Waals surface area contributed by atoms with E-state index in [0.29, 0.717) is 0 Å². The summed E-state index contributed by atoms with van der Waals surface area (Å²) >= 11 is 0. The summed E-state index contributed by atoms with van der Waals surface area (Å²) in [7, 11) is 0. The number of hydrogen-bond donors (Lipinski definition) is 0. The Kier molecular flexibility index (Phi) is 5.84. The van der Waals surface area contributed by atoms with Gasteiger partial charge < -0.3 is 4.42 Å². The van der Waals surface area contributed by atoms with Gasteiger partial charge in [0.1, 0.15) is 17.0 Å². The average molecular weight is 614 g/mol. The summed E-state index contributed by atoms with van der Waals surface area (Å²) in [5.74, 6) is 0.906. The molecule has 0 N–H and O–H groups in total. The largest absolute Gasteiger partial charge is 0.455 e. The van der Waals surface area contributed by atoms with Crippen molar-refractivity contribution in [3.05, 3.63) is 164 Å². The van der Waals surface area contributed by atoms with E-state index in [-0.39, 0.29) is 0 Å². The molecule has 0 saturated carbocycles. The molecule has 0 aliphatic carbocycles. The van der Waals surface area contributed by atoms with Crippen molar-refractivity contribution < 1.29 is 4.42 Å². The molecule has 0 atom stereocenters. The van der Waals surface area contributed by atoms with Gasteiger partial charge in [0.05, 0.1) is 22.2 Å². The summed E-state index contributed by atoms with van der Waals surface area (Å²) in [4.78, 5) is 10.3. The Balaban J connectivity index is 1.25. The number of para-hydroxylation sites is 5. The second-order valence-corrected chi connectivity index (χ2v) is 12.2. The zero-order valence-corrected chi connectivity index (χ0v) is 25.8. The molecule has 48 heavy (non-hydrogen) atoms. The SMILES string of the molecule is c1ccc(-c2nc3ccccc3c3c2cc(-c2ccc(-c4nc5ccccc5n4-c4ccccc4)cc2)c2oc4ccccc4c23)cc1. The molecule has 0 aliphatic heterocycles. The van der Waals surface area contributed by atoms with Crippen molar-refractivity contribution in [1.82, 2.24) is 14.5 Å². The first kappa shape index (κ1) is 26.7. The number of pyridine rings is 1. The minimum absolute atomic E-state index is 0.872. The summed E-state index contributed by atoms with van der Waals surface area (Å²) in [6, 6.07) is 57.0. The Hall–Kier alpha value is -6.52. The number of nitrogens with zero attached hydrogens (tertiary/aromatic N) is 3. The van der Waals surface area contributed by atoms with Crippen LogP contribution in [0.1, 0.15) is 0 Å². The van der Waals surface area contributed by atoms with Gasteiger partial charge in [-0.3, -0.25) is 4.57 Å². The van der Waals surface area contributed by atoms with Crippen LogP contribution in [-0.2, 0) is 0 Å². The Morgan fingerprint density at radius 3 is 1.92 bits per heavy atom. The van der Waals surface area contributed by atoms with Crippen LogP contribution in [0.2, 0.25) is 0 Å². The molecule has 10 rings (SSSR count). The summed E-state index contributed by atoms with van der Waals surface area (Å²) < 4.78 is 8.97. The van der Waals surface area contributed by atoms with Crippen LogP contribution in [0, 0.1) is 0 Å². The van der Waals surface area contributed by atoms with Gasteiger partial charge in [-0.2, -0.15) is 0 Å². The van der Waals surface area contributed by atoms with Gasteiger partial charge >= 0.3 is 0 Å². The van der Waals surface area contributed by atoms with E-state index in [1.165, 1.54) is 0 Å². The molecule has 0 bridgehead atoms. The van der Waals surface area contributed by atoms with Gasteiger partial charge in [0.25, 0.3) is 0 Å². The maximum absolute atomic E-state index is 6.74. The van der Waals surface area contributed by atoms with Crippen molar-refractivity contribution in [2.24, 2.45) is 0 Å². The second kappa shape index (κ2) is 10.5. The molecule has 0 aliphatic rings. The highest BCUT2D eigenvalue weighted by Crippen LogP contribution is 2.45. The van der Waals surface area contributed by atoms with Gasteiger partial charge in [-0.15, -0.1) is 0 Å². The molecular weight excluding hydrogens is 587 g/mol. The molecule has 0 unspecified atom stereocenters. The third kappa shape index (κ3) is 4.03. The van der Waals surface area contributed by atoms with E-state index in [9.17, 15) is 0 Å². The highest BCUT2D eigenvalue weighted by Gasteiger charge is 2.22. The quantitative estimate of drug-likeness (QED) is 0.186. The van der Waals surface area contributed by atoms with Gasteiger partial charge in [-0.05, 0) is 48.0 Å². The molecule has 0 fully saturated rings. The van der Waals surface area contributed by atoms with Crippen molar-refractivity contribution in [1.29, 1.82) is 0 Å². The number of imidazole rings is 1. The Morgan fingerprint density at radius 2 is 1.10 bits per heavy atom. The van der Waals surface area contributed by atoms with Crippen LogP contribution in [-0.4, -0.2) is 14.5 Å². The molecular formula is C44H27N3O. The number of benzene rings is 7. The molecule has 0 amide bonds. The molecule has 10 aromatic rings. The molecule has 3 heterocycles. The molecule has 0 saturated heterocycles. The predicted molar refractivity (Wildman–Crippen MR) is 197 cm³/mol. The van der Waals surface area contributed by atoms with Crippen LogP contribution in [0.25, 0.3) is 94.1 Å².